The molecule has 2 aromatic heterocycles. The molecular weight excluding hydrogens is 281 g/mol. The molecule has 0 atom stereocenters. The third-order valence-electron chi connectivity index (χ3n) is 3.02. The van der Waals surface area contributed by atoms with Crippen molar-refractivity contribution in [3.8, 4) is 0 Å². The van der Waals surface area contributed by atoms with Crippen LogP contribution >= 0.6 is 11.6 Å². The molecule has 0 saturated heterocycles. The normalized spacial score (nSPS) is 10.9. The first-order valence-electron chi connectivity index (χ1n) is 5.79. The number of fused-ring (bicyclic) bond motifs is 1. The number of hydrogen-bond donors (Lipinski definition) is 2. The van der Waals surface area contributed by atoms with Gasteiger partial charge in [0.05, 0.1) is 16.3 Å². The Hall–Kier alpha value is -2.40. The molecular formula is C14H9ClFN3O. The number of carbonyl (C=O) groups excluding carboxylic acids is 1. The molecule has 0 radical (unpaired) electrons. The zero-order chi connectivity index (χ0) is 14.3. The Bertz CT molecular complexity index is 828. The van der Waals surface area contributed by atoms with Crippen molar-refractivity contribution in [2.45, 2.75) is 0 Å². The minimum Gasteiger partial charge on any atom is -0.396 e. The van der Waals surface area contributed by atoms with Gasteiger partial charge in [-0.15, -0.1) is 0 Å². The van der Waals surface area contributed by atoms with Crippen molar-refractivity contribution < 1.29 is 9.18 Å². The van der Waals surface area contributed by atoms with Crippen molar-refractivity contribution in [3.05, 3.63) is 58.6 Å². The van der Waals surface area contributed by atoms with Gasteiger partial charge in [-0.1, -0.05) is 17.7 Å². The van der Waals surface area contributed by atoms with E-state index < -0.39 is 11.6 Å². The van der Waals surface area contributed by atoms with Crippen LogP contribution in [0.5, 0.6) is 0 Å². The van der Waals surface area contributed by atoms with Crippen LogP contribution in [-0.4, -0.2) is 15.8 Å². The number of carbonyl (C=O) groups is 1. The third-order valence-corrected chi connectivity index (χ3v) is 3.22. The molecule has 6 heteroatoms. The van der Waals surface area contributed by atoms with Crippen LogP contribution in [0.4, 0.5) is 10.1 Å². The number of halogens is 2. The maximum Gasteiger partial charge on any atom is 0.198 e. The van der Waals surface area contributed by atoms with E-state index in [2.05, 4.69) is 9.97 Å². The van der Waals surface area contributed by atoms with Gasteiger partial charge in [0.1, 0.15) is 5.65 Å². The van der Waals surface area contributed by atoms with Crippen LogP contribution in [0.3, 0.4) is 0 Å². The summed E-state index contributed by atoms with van der Waals surface area (Å²) < 4.78 is 13.9. The van der Waals surface area contributed by atoms with Crippen LogP contribution in [0, 0.1) is 5.82 Å². The number of nitrogens with zero attached hydrogens (tertiary/aromatic N) is 1. The van der Waals surface area contributed by atoms with E-state index in [-0.39, 0.29) is 11.3 Å². The van der Waals surface area contributed by atoms with Crippen molar-refractivity contribution in [2.75, 3.05) is 5.73 Å². The van der Waals surface area contributed by atoms with Gasteiger partial charge >= 0.3 is 0 Å². The number of hydrogen-bond acceptors (Lipinski definition) is 3. The van der Waals surface area contributed by atoms with Crippen LogP contribution in [-0.2, 0) is 0 Å². The lowest BCUT2D eigenvalue weighted by molar-refractivity contribution is 0.103. The number of aromatic amines is 1. The summed E-state index contributed by atoms with van der Waals surface area (Å²) in [6, 6.07) is 5.94. The van der Waals surface area contributed by atoms with Gasteiger partial charge in [-0.2, -0.15) is 0 Å². The Morgan fingerprint density at radius 2 is 2.15 bits per heavy atom. The highest BCUT2D eigenvalue weighted by molar-refractivity contribution is 6.31. The Kier molecular flexibility index (Phi) is 2.91. The Morgan fingerprint density at radius 1 is 1.35 bits per heavy atom. The number of aromatic nitrogens is 2. The number of benzene rings is 1. The first-order valence-corrected chi connectivity index (χ1v) is 6.17. The van der Waals surface area contributed by atoms with Crippen molar-refractivity contribution >= 4 is 34.1 Å². The number of nitrogens with one attached hydrogen (secondary N) is 1. The highest BCUT2D eigenvalue weighted by atomic mass is 35.5. The highest BCUT2D eigenvalue weighted by Gasteiger charge is 2.19. The second-order valence-corrected chi connectivity index (χ2v) is 4.73. The smallest absolute Gasteiger partial charge is 0.198 e. The maximum absolute atomic E-state index is 13.9. The molecule has 20 heavy (non-hydrogen) atoms. The van der Waals surface area contributed by atoms with Gasteiger partial charge < -0.3 is 10.7 Å². The summed E-state index contributed by atoms with van der Waals surface area (Å²) in [4.78, 5) is 19.3. The predicted molar refractivity (Wildman–Crippen MR) is 75.3 cm³/mol. The number of rotatable bonds is 2. The van der Waals surface area contributed by atoms with E-state index in [9.17, 15) is 9.18 Å². The fourth-order valence-corrected chi connectivity index (χ4v) is 2.19. The van der Waals surface area contributed by atoms with Gasteiger partial charge in [0.25, 0.3) is 0 Å². The van der Waals surface area contributed by atoms with Gasteiger partial charge in [0.2, 0.25) is 0 Å². The Labute approximate surface area is 118 Å². The first kappa shape index (κ1) is 12.6. The van der Waals surface area contributed by atoms with Crippen LogP contribution in [0.25, 0.3) is 11.0 Å². The largest absolute Gasteiger partial charge is 0.396 e. The van der Waals surface area contributed by atoms with Gasteiger partial charge in [0, 0.05) is 23.3 Å². The fraction of sp³-hybridized carbons (Fsp3) is 0. The monoisotopic (exact) mass is 289 g/mol. The highest BCUT2D eigenvalue weighted by Crippen LogP contribution is 2.24. The predicted octanol–water partition coefficient (Wildman–Crippen LogP) is 3.17. The van der Waals surface area contributed by atoms with Crippen molar-refractivity contribution in [3.63, 3.8) is 0 Å². The Morgan fingerprint density at radius 3 is 2.95 bits per heavy atom. The third kappa shape index (κ3) is 1.92. The summed E-state index contributed by atoms with van der Waals surface area (Å²) in [6.07, 6.45) is 2.95. The Balaban J connectivity index is 2.18. The molecule has 0 aliphatic heterocycles. The number of nitrogen functional groups attached to an aromatic ring is 1. The van der Waals surface area contributed by atoms with E-state index in [4.69, 9.17) is 17.3 Å². The second kappa shape index (κ2) is 4.61. The van der Waals surface area contributed by atoms with Crippen LogP contribution < -0.4 is 5.73 Å². The van der Waals surface area contributed by atoms with Crippen molar-refractivity contribution in [1.29, 1.82) is 0 Å². The molecule has 0 saturated carbocycles. The quantitative estimate of drug-likeness (QED) is 0.562. The minimum atomic E-state index is -0.721. The molecule has 0 fully saturated rings. The van der Waals surface area contributed by atoms with Crippen molar-refractivity contribution in [1.82, 2.24) is 9.97 Å². The molecule has 2 heterocycles. The van der Waals surface area contributed by atoms with E-state index in [0.29, 0.717) is 21.6 Å². The van der Waals surface area contributed by atoms with Crippen LogP contribution in [0.15, 0.2) is 36.7 Å². The van der Waals surface area contributed by atoms with Gasteiger partial charge in [-0.25, -0.2) is 9.37 Å². The molecule has 0 unspecified atom stereocenters. The zero-order valence-electron chi connectivity index (χ0n) is 10.2. The van der Waals surface area contributed by atoms with Gasteiger partial charge in [-0.3, -0.25) is 4.79 Å². The molecule has 3 aromatic rings. The zero-order valence-corrected chi connectivity index (χ0v) is 10.9. The van der Waals surface area contributed by atoms with E-state index in [1.165, 1.54) is 30.6 Å². The number of nitrogens with two attached hydrogens (primary N) is 1. The molecule has 4 nitrogen and oxygen atoms in total. The molecule has 0 spiro atoms. The summed E-state index contributed by atoms with van der Waals surface area (Å²) in [7, 11) is 0. The van der Waals surface area contributed by atoms with Crippen LogP contribution in [0.2, 0.25) is 5.02 Å². The number of pyridine rings is 1. The SMILES string of the molecule is Nc1cccc(C(=O)c2c[nH]c3ncc(Cl)cc23)c1F. The van der Waals surface area contributed by atoms with Gasteiger partial charge in [0.15, 0.2) is 11.6 Å². The number of ketones is 1. The molecule has 0 aliphatic rings. The standard InChI is InChI=1S/C14H9ClFN3O/c15-7-4-9-10(6-19-14(9)18-5-7)13(20)8-2-1-3-11(17)12(8)16/h1-6H,17H2,(H,18,19). The molecule has 0 amide bonds. The molecule has 3 rings (SSSR count). The molecule has 0 aliphatic carbocycles. The fourth-order valence-electron chi connectivity index (χ4n) is 2.04. The lowest BCUT2D eigenvalue weighted by atomic mass is 10.0. The summed E-state index contributed by atoms with van der Waals surface area (Å²) in [6.45, 7) is 0. The summed E-state index contributed by atoms with van der Waals surface area (Å²) in [5.41, 5.74) is 6.16. The second-order valence-electron chi connectivity index (χ2n) is 4.29. The average Bonchev–Trinajstić information content (AvgIpc) is 2.84. The number of anilines is 1. The lowest BCUT2D eigenvalue weighted by Crippen LogP contribution is -2.05. The summed E-state index contributed by atoms with van der Waals surface area (Å²) in [5, 5.41) is 0.948. The molecule has 1 aromatic carbocycles. The molecule has 0 bridgehead atoms. The maximum atomic E-state index is 13.9. The number of H-pyrrole nitrogens is 1. The molecule has 100 valence electrons. The van der Waals surface area contributed by atoms with Crippen LogP contribution in [0.1, 0.15) is 15.9 Å². The van der Waals surface area contributed by atoms with Crippen molar-refractivity contribution in [2.24, 2.45) is 0 Å². The topological polar surface area (TPSA) is 71.8 Å². The van der Waals surface area contributed by atoms with E-state index >= 15 is 0 Å². The lowest BCUT2D eigenvalue weighted by Gasteiger charge is -2.03. The van der Waals surface area contributed by atoms with E-state index in [1.807, 2.05) is 0 Å². The summed E-state index contributed by atoms with van der Waals surface area (Å²) >= 11 is 5.87. The summed E-state index contributed by atoms with van der Waals surface area (Å²) in [5.74, 6) is -1.19. The minimum absolute atomic E-state index is 0.0631. The average molecular weight is 290 g/mol. The first-order chi connectivity index (χ1) is 9.58. The van der Waals surface area contributed by atoms with E-state index in [1.54, 1.807) is 6.07 Å². The van der Waals surface area contributed by atoms with E-state index in [0.717, 1.165) is 0 Å². The molecule has 3 N–H and O–H groups in total. The van der Waals surface area contributed by atoms with Gasteiger partial charge in [-0.05, 0) is 18.2 Å².